The van der Waals surface area contributed by atoms with Crippen LogP contribution in [0.3, 0.4) is 0 Å². The number of nitrogens with zero attached hydrogens (tertiary/aromatic N) is 1. The predicted octanol–water partition coefficient (Wildman–Crippen LogP) is 3.44. The van der Waals surface area contributed by atoms with Crippen LogP contribution in [0.1, 0.15) is 24.9 Å². The molecule has 0 aliphatic carbocycles. The van der Waals surface area contributed by atoms with Gasteiger partial charge in [0.15, 0.2) is 8.24 Å². The number of carbonyl (C=O) groups is 1. The second-order valence-corrected chi connectivity index (χ2v) is 11.1. The second-order valence-electron chi connectivity index (χ2n) is 6.31. The maximum absolute atomic E-state index is 12.4. The SMILES string of the molecule is COc1cccc(C2CC(C)C(=O)N2[Si](C)(C)C)c1. The van der Waals surface area contributed by atoms with Gasteiger partial charge in [-0.25, -0.2) is 0 Å². The highest BCUT2D eigenvalue weighted by molar-refractivity contribution is 6.75. The fourth-order valence-electron chi connectivity index (χ4n) is 2.86. The Bertz CT molecular complexity index is 481. The summed E-state index contributed by atoms with van der Waals surface area (Å²) in [5.41, 5.74) is 1.19. The molecule has 104 valence electrons. The van der Waals surface area contributed by atoms with Gasteiger partial charge in [0.2, 0.25) is 5.91 Å². The first kappa shape index (κ1) is 14.1. The van der Waals surface area contributed by atoms with E-state index >= 15 is 0 Å². The van der Waals surface area contributed by atoms with E-state index in [0.29, 0.717) is 5.91 Å². The Balaban J connectivity index is 2.39. The highest BCUT2D eigenvalue weighted by Gasteiger charge is 2.43. The topological polar surface area (TPSA) is 29.5 Å². The van der Waals surface area contributed by atoms with Gasteiger partial charge in [-0.2, -0.15) is 0 Å². The van der Waals surface area contributed by atoms with Gasteiger partial charge in [-0.15, -0.1) is 0 Å². The maximum atomic E-state index is 12.4. The molecule has 1 aromatic rings. The van der Waals surface area contributed by atoms with E-state index < -0.39 is 8.24 Å². The molecule has 0 N–H and O–H groups in total. The molecule has 0 bridgehead atoms. The summed E-state index contributed by atoms with van der Waals surface area (Å²) in [6, 6.07) is 8.32. The third-order valence-corrected chi connectivity index (χ3v) is 5.73. The van der Waals surface area contributed by atoms with E-state index in [4.69, 9.17) is 4.74 Å². The number of rotatable bonds is 3. The van der Waals surface area contributed by atoms with Crippen molar-refractivity contribution in [2.45, 2.75) is 39.0 Å². The van der Waals surface area contributed by atoms with Crippen LogP contribution in [0.5, 0.6) is 5.75 Å². The molecular weight excluding hydrogens is 254 g/mol. The average molecular weight is 277 g/mol. The normalized spacial score (nSPS) is 23.8. The first-order chi connectivity index (χ1) is 8.84. The molecule has 3 nitrogen and oxygen atoms in total. The molecule has 1 fully saturated rings. The maximum Gasteiger partial charge on any atom is 0.218 e. The van der Waals surface area contributed by atoms with Crippen molar-refractivity contribution in [3.05, 3.63) is 29.8 Å². The zero-order chi connectivity index (χ0) is 14.2. The molecule has 2 unspecified atom stereocenters. The van der Waals surface area contributed by atoms with Crippen molar-refractivity contribution in [1.82, 2.24) is 4.57 Å². The van der Waals surface area contributed by atoms with Crippen LogP contribution in [0.25, 0.3) is 0 Å². The fourth-order valence-corrected chi connectivity index (χ4v) is 4.94. The van der Waals surface area contributed by atoms with Gasteiger partial charge < -0.3 is 9.30 Å². The number of ether oxygens (including phenoxy) is 1. The molecule has 0 spiro atoms. The number of methoxy groups -OCH3 is 1. The van der Waals surface area contributed by atoms with Crippen LogP contribution in [-0.4, -0.2) is 25.8 Å². The summed E-state index contributed by atoms with van der Waals surface area (Å²) in [5, 5.41) is 0. The summed E-state index contributed by atoms with van der Waals surface area (Å²) >= 11 is 0. The van der Waals surface area contributed by atoms with E-state index in [1.807, 2.05) is 19.1 Å². The van der Waals surface area contributed by atoms with E-state index in [0.717, 1.165) is 12.2 Å². The number of amides is 1. The molecule has 1 saturated heterocycles. The standard InChI is InChI=1S/C15H23NO2Si/c1-11-9-14(16(15(11)17)19(3,4)5)12-7-6-8-13(10-12)18-2/h6-8,10-11,14H,9H2,1-5H3. The summed E-state index contributed by atoms with van der Waals surface area (Å²) in [5.74, 6) is 1.30. The Morgan fingerprint density at radius 2 is 2.00 bits per heavy atom. The van der Waals surface area contributed by atoms with Crippen LogP contribution in [0.15, 0.2) is 24.3 Å². The van der Waals surface area contributed by atoms with Crippen LogP contribution in [0, 0.1) is 5.92 Å². The van der Waals surface area contributed by atoms with Gasteiger partial charge in [-0.05, 0) is 24.1 Å². The van der Waals surface area contributed by atoms with Crippen molar-refractivity contribution in [3.8, 4) is 5.75 Å². The van der Waals surface area contributed by atoms with Gasteiger partial charge in [0.25, 0.3) is 0 Å². The van der Waals surface area contributed by atoms with Gasteiger partial charge in [-0.1, -0.05) is 38.7 Å². The highest BCUT2D eigenvalue weighted by Crippen LogP contribution is 2.40. The van der Waals surface area contributed by atoms with Crippen molar-refractivity contribution in [2.75, 3.05) is 7.11 Å². The molecule has 1 heterocycles. The van der Waals surface area contributed by atoms with Crippen molar-refractivity contribution in [3.63, 3.8) is 0 Å². The third-order valence-electron chi connectivity index (χ3n) is 3.75. The second kappa shape index (κ2) is 5.00. The van der Waals surface area contributed by atoms with Gasteiger partial charge >= 0.3 is 0 Å². The van der Waals surface area contributed by atoms with Crippen LogP contribution in [0.2, 0.25) is 19.6 Å². The quantitative estimate of drug-likeness (QED) is 0.792. The van der Waals surface area contributed by atoms with E-state index in [9.17, 15) is 4.79 Å². The predicted molar refractivity (Wildman–Crippen MR) is 79.7 cm³/mol. The Hall–Kier alpha value is -1.29. The van der Waals surface area contributed by atoms with E-state index in [2.05, 4.69) is 36.3 Å². The Morgan fingerprint density at radius 3 is 2.58 bits per heavy atom. The molecule has 1 aromatic carbocycles. The average Bonchev–Trinajstić information content (AvgIpc) is 2.65. The largest absolute Gasteiger partial charge is 0.497 e. The summed E-state index contributed by atoms with van der Waals surface area (Å²) in [4.78, 5) is 12.4. The zero-order valence-corrected chi connectivity index (χ0v) is 13.4. The first-order valence-electron chi connectivity index (χ1n) is 6.81. The minimum absolute atomic E-state index is 0.128. The summed E-state index contributed by atoms with van der Waals surface area (Å²) in [6.07, 6.45) is 0.913. The molecule has 0 radical (unpaired) electrons. The highest BCUT2D eigenvalue weighted by atomic mass is 28.3. The molecule has 0 saturated carbocycles. The van der Waals surface area contributed by atoms with E-state index in [1.165, 1.54) is 5.56 Å². The van der Waals surface area contributed by atoms with Crippen LogP contribution in [-0.2, 0) is 4.79 Å². The molecule has 2 atom stereocenters. The molecule has 1 amide bonds. The number of carbonyl (C=O) groups excluding carboxylic acids is 1. The van der Waals surface area contributed by atoms with E-state index in [1.54, 1.807) is 7.11 Å². The lowest BCUT2D eigenvalue weighted by atomic mass is 10.0. The molecule has 1 aliphatic heterocycles. The fraction of sp³-hybridized carbons (Fsp3) is 0.533. The number of hydrogen-bond donors (Lipinski definition) is 0. The van der Waals surface area contributed by atoms with Crippen molar-refractivity contribution < 1.29 is 9.53 Å². The molecule has 4 heteroatoms. The lowest BCUT2D eigenvalue weighted by Crippen LogP contribution is -2.48. The third kappa shape index (κ3) is 2.68. The molecule has 1 aliphatic rings. The van der Waals surface area contributed by atoms with Crippen molar-refractivity contribution in [1.29, 1.82) is 0 Å². The molecule has 19 heavy (non-hydrogen) atoms. The lowest BCUT2D eigenvalue weighted by Gasteiger charge is -2.36. The van der Waals surface area contributed by atoms with Crippen LogP contribution in [0.4, 0.5) is 0 Å². The summed E-state index contributed by atoms with van der Waals surface area (Å²) in [7, 11) is 0.0189. The zero-order valence-electron chi connectivity index (χ0n) is 12.4. The minimum Gasteiger partial charge on any atom is -0.497 e. The Kier molecular flexibility index (Phi) is 3.72. The van der Waals surface area contributed by atoms with Gasteiger partial charge in [0, 0.05) is 12.0 Å². The summed E-state index contributed by atoms with van der Waals surface area (Å²) < 4.78 is 7.46. The van der Waals surface area contributed by atoms with Crippen molar-refractivity contribution >= 4 is 14.1 Å². The minimum atomic E-state index is -1.66. The van der Waals surface area contributed by atoms with Crippen LogP contribution >= 0.6 is 0 Å². The van der Waals surface area contributed by atoms with Gasteiger partial charge in [-0.3, -0.25) is 4.79 Å². The molecule has 0 aromatic heterocycles. The van der Waals surface area contributed by atoms with Crippen LogP contribution < -0.4 is 4.74 Å². The number of benzene rings is 1. The van der Waals surface area contributed by atoms with Gasteiger partial charge in [0.05, 0.1) is 7.11 Å². The Morgan fingerprint density at radius 1 is 1.32 bits per heavy atom. The summed E-state index contributed by atoms with van der Waals surface area (Å²) in [6.45, 7) is 8.73. The Labute approximate surface area is 116 Å². The molecular formula is C15H23NO2Si. The van der Waals surface area contributed by atoms with Gasteiger partial charge in [0.1, 0.15) is 5.75 Å². The molecule has 2 rings (SSSR count). The number of hydrogen-bond acceptors (Lipinski definition) is 2. The smallest absolute Gasteiger partial charge is 0.218 e. The first-order valence-corrected chi connectivity index (χ1v) is 10.3. The monoisotopic (exact) mass is 277 g/mol. The van der Waals surface area contributed by atoms with E-state index in [-0.39, 0.29) is 12.0 Å². The van der Waals surface area contributed by atoms with Crippen molar-refractivity contribution in [2.24, 2.45) is 5.92 Å². The lowest BCUT2D eigenvalue weighted by molar-refractivity contribution is -0.127.